The molecule has 0 bridgehead atoms. The highest BCUT2D eigenvalue weighted by Crippen LogP contribution is 2.32. The SMILES string of the molecule is CCc1ccc(S(=O)(=O)N2CCC[C@H](c3nnc(C(=O)Nc4ccccc4)s3)C2)cc1. The number of hydrogen-bond acceptors (Lipinski definition) is 6. The van der Waals surface area contributed by atoms with Gasteiger partial charge in [-0.1, -0.05) is 48.6 Å². The molecule has 1 N–H and O–H groups in total. The van der Waals surface area contributed by atoms with Gasteiger partial charge in [-0.05, 0) is 49.1 Å². The summed E-state index contributed by atoms with van der Waals surface area (Å²) in [5, 5.41) is 12.0. The summed E-state index contributed by atoms with van der Waals surface area (Å²) >= 11 is 1.22. The third-order valence-electron chi connectivity index (χ3n) is 5.37. The number of benzene rings is 2. The van der Waals surface area contributed by atoms with Crippen molar-refractivity contribution in [2.75, 3.05) is 18.4 Å². The van der Waals surface area contributed by atoms with Crippen LogP contribution in [0, 0.1) is 0 Å². The Bertz CT molecular complexity index is 1150. The van der Waals surface area contributed by atoms with Crippen molar-refractivity contribution in [1.82, 2.24) is 14.5 Å². The lowest BCUT2D eigenvalue weighted by molar-refractivity contribution is 0.102. The van der Waals surface area contributed by atoms with Gasteiger partial charge in [0.25, 0.3) is 5.91 Å². The van der Waals surface area contributed by atoms with E-state index in [0.717, 1.165) is 24.8 Å². The maximum Gasteiger partial charge on any atom is 0.286 e. The summed E-state index contributed by atoms with van der Waals surface area (Å²) in [7, 11) is -3.57. The number of aromatic nitrogens is 2. The van der Waals surface area contributed by atoms with Gasteiger partial charge in [-0.15, -0.1) is 10.2 Å². The van der Waals surface area contributed by atoms with E-state index in [2.05, 4.69) is 15.5 Å². The smallest absolute Gasteiger partial charge is 0.286 e. The molecule has 1 fully saturated rings. The first-order valence-electron chi connectivity index (χ1n) is 10.3. The lowest BCUT2D eigenvalue weighted by atomic mass is 10.0. The fourth-order valence-electron chi connectivity index (χ4n) is 3.61. The predicted molar refractivity (Wildman–Crippen MR) is 121 cm³/mol. The summed E-state index contributed by atoms with van der Waals surface area (Å²) in [6.45, 7) is 2.86. The summed E-state index contributed by atoms with van der Waals surface area (Å²) in [6, 6.07) is 16.2. The van der Waals surface area contributed by atoms with Gasteiger partial charge in [0.05, 0.1) is 4.90 Å². The molecular formula is C22H24N4O3S2. The standard InChI is InChI=1S/C22H24N4O3S2/c1-2-16-10-12-19(13-11-16)31(28,29)26-14-6-7-17(15-26)21-24-25-22(30-21)20(27)23-18-8-4-3-5-9-18/h3-5,8-13,17H,2,6-7,14-15H2,1H3,(H,23,27)/t17-/m0/s1. The molecule has 7 nitrogen and oxygen atoms in total. The summed E-state index contributed by atoms with van der Waals surface area (Å²) < 4.78 is 27.7. The number of amides is 1. The van der Waals surface area contributed by atoms with Gasteiger partial charge in [-0.3, -0.25) is 4.79 Å². The zero-order valence-corrected chi connectivity index (χ0v) is 18.8. The van der Waals surface area contributed by atoms with Gasteiger partial charge >= 0.3 is 0 Å². The van der Waals surface area contributed by atoms with Crippen molar-refractivity contribution in [3.8, 4) is 0 Å². The highest BCUT2D eigenvalue weighted by molar-refractivity contribution is 7.89. The zero-order chi connectivity index (χ0) is 21.8. The van der Waals surface area contributed by atoms with Crippen LogP contribution in [-0.4, -0.2) is 41.9 Å². The van der Waals surface area contributed by atoms with E-state index in [-0.39, 0.29) is 16.8 Å². The maximum absolute atomic E-state index is 13.1. The van der Waals surface area contributed by atoms with E-state index in [0.29, 0.717) is 28.7 Å². The minimum Gasteiger partial charge on any atom is -0.320 e. The molecule has 1 amide bonds. The largest absolute Gasteiger partial charge is 0.320 e. The molecule has 1 aliphatic heterocycles. The molecular weight excluding hydrogens is 432 g/mol. The molecule has 4 rings (SSSR count). The van der Waals surface area contributed by atoms with Crippen LogP contribution in [0.5, 0.6) is 0 Å². The first-order valence-corrected chi connectivity index (χ1v) is 12.5. The minimum atomic E-state index is -3.57. The highest BCUT2D eigenvalue weighted by atomic mass is 32.2. The number of carbonyl (C=O) groups is 1. The molecule has 162 valence electrons. The van der Waals surface area contributed by atoms with Crippen molar-refractivity contribution in [2.24, 2.45) is 0 Å². The van der Waals surface area contributed by atoms with Crippen LogP contribution in [0.1, 0.15) is 46.1 Å². The lowest BCUT2D eigenvalue weighted by Crippen LogP contribution is -2.39. The number of rotatable bonds is 6. The Kier molecular flexibility index (Phi) is 6.45. The Morgan fingerprint density at radius 2 is 1.87 bits per heavy atom. The molecule has 0 radical (unpaired) electrons. The number of hydrogen-bond donors (Lipinski definition) is 1. The molecule has 0 aliphatic carbocycles. The quantitative estimate of drug-likeness (QED) is 0.607. The molecule has 0 spiro atoms. The number of para-hydroxylation sites is 1. The number of aryl methyl sites for hydroxylation is 1. The average Bonchev–Trinajstić information content (AvgIpc) is 3.30. The second-order valence-electron chi connectivity index (χ2n) is 7.47. The monoisotopic (exact) mass is 456 g/mol. The summed E-state index contributed by atoms with van der Waals surface area (Å²) in [6.07, 6.45) is 2.42. The molecule has 0 unspecified atom stereocenters. The van der Waals surface area contributed by atoms with Crippen LogP contribution >= 0.6 is 11.3 Å². The molecule has 1 aliphatic rings. The van der Waals surface area contributed by atoms with E-state index in [1.165, 1.54) is 15.6 Å². The molecule has 2 aromatic carbocycles. The van der Waals surface area contributed by atoms with Crippen LogP contribution < -0.4 is 5.32 Å². The number of sulfonamides is 1. The highest BCUT2D eigenvalue weighted by Gasteiger charge is 2.32. The first-order chi connectivity index (χ1) is 15.0. The van der Waals surface area contributed by atoms with Crippen molar-refractivity contribution in [3.63, 3.8) is 0 Å². The van der Waals surface area contributed by atoms with Gasteiger partial charge < -0.3 is 5.32 Å². The number of piperidine rings is 1. The van der Waals surface area contributed by atoms with Crippen molar-refractivity contribution < 1.29 is 13.2 Å². The lowest BCUT2D eigenvalue weighted by Gasteiger charge is -2.30. The van der Waals surface area contributed by atoms with E-state index < -0.39 is 10.0 Å². The van der Waals surface area contributed by atoms with Gasteiger partial charge in [-0.25, -0.2) is 8.42 Å². The van der Waals surface area contributed by atoms with Crippen LogP contribution in [0.3, 0.4) is 0 Å². The average molecular weight is 457 g/mol. The fourth-order valence-corrected chi connectivity index (χ4v) is 5.99. The van der Waals surface area contributed by atoms with Crippen molar-refractivity contribution in [3.05, 3.63) is 70.2 Å². The molecule has 1 atom stereocenters. The third-order valence-corrected chi connectivity index (χ3v) is 8.33. The number of carbonyl (C=O) groups excluding carboxylic acids is 1. The van der Waals surface area contributed by atoms with Gasteiger partial charge in [0.1, 0.15) is 5.01 Å². The van der Waals surface area contributed by atoms with Crippen LogP contribution in [0.2, 0.25) is 0 Å². The van der Waals surface area contributed by atoms with Gasteiger partial charge in [0, 0.05) is 24.7 Å². The Balaban J connectivity index is 1.46. The summed E-state index contributed by atoms with van der Waals surface area (Å²) in [5.41, 5.74) is 1.79. The van der Waals surface area contributed by atoms with Crippen molar-refractivity contribution in [2.45, 2.75) is 37.0 Å². The zero-order valence-electron chi connectivity index (χ0n) is 17.2. The number of nitrogens with one attached hydrogen (secondary N) is 1. The second kappa shape index (κ2) is 9.25. The minimum absolute atomic E-state index is 0.0748. The first kappa shape index (κ1) is 21.6. The van der Waals surface area contributed by atoms with Gasteiger partial charge in [0.2, 0.25) is 15.0 Å². The summed E-state index contributed by atoms with van der Waals surface area (Å²) in [4.78, 5) is 12.8. The van der Waals surface area contributed by atoms with E-state index >= 15 is 0 Å². The van der Waals surface area contributed by atoms with E-state index in [1.807, 2.05) is 37.3 Å². The fraction of sp³-hybridized carbons (Fsp3) is 0.318. The number of anilines is 1. The Labute approximate surface area is 186 Å². The third kappa shape index (κ3) is 4.84. The maximum atomic E-state index is 13.1. The number of nitrogens with zero attached hydrogens (tertiary/aromatic N) is 3. The van der Waals surface area contributed by atoms with Crippen LogP contribution in [-0.2, 0) is 16.4 Å². The molecule has 1 aromatic heterocycles. The topological polar surface area (TPSA) is 92.3 Å². The van der Waals surface area contributed by atoms with Crippen molar-refractivity contribution in [1.29, 1.82) is 0 Å². The van der Waals surface area contributed by atoms with Crippen LogP contribution in [0.4, 0.5) is 5.69 Å². The molecule has 1 saturated heterocycles. The molecule has 9 heteroatoms. The predicted octanol–water partition coefficient (Wildman–Crippen LogP) is 3.92. The van der Waals surface area contributed by atoms with Crippen LogP contribution in [0.15, 0.2) is 59.5 Å². The normalized spacial score (nSPS) is 17.4. The van der Waals surface area contributed by atoms with E-state index in [4.69, 9.17) is 0 Å². The second-order valence-corrected chi connectivity index (χ2v) is 10.4. The molecule has 0 saturated carbocycles. The van der Waals surface area contributed by atoms with E-state index in [1.54, 1.807) is 24.3 Å². The van der Waals surface area contributed by atoms with Crippen molar-refractivity contribution >= 4 is 33.0 Å². The Morgan fingerprint density at radius 3 is 2.58 bits per heavy atom. The van der Waals surface area contributed by atoms with Gasteiger partial charge in [0.15, 0.2) is 0 Å². The Morgan fingerprint density at radius 1 is 1.13 bits per heavy atom. The Hall–Kier alpha value is -2.62. The molecule has 3 aromatic rings. The van der Waals surface area contributed by atoms with Gasteiger partial charge in [-0.2, -0.15) is 4.31 Å². The van der Waals surface area contributed by atoms with Crippen LogP contribution in [0.25, 0.3) is 0 Å². The molecule has 31 heavy (non-hydrogen) atoms. The summed E-state index contributed by atoms with van der Waals surface area (Å²) in [5.74, 6) is -0.388. The van der Waals surface area contributed by atoms with E-state index in [9.17, 15) is 13.2 Å². The molecule has 2 heterocycles.